The molecular formula is C18H17ClN2O. The lowest BCUT2D eigenvalue weighted by atomic mass is 9.96. The third kappa shape index (κ3) is 5.31. The van der Waals surface area contributed by atoms with E-state index < -0.39 is 0 Å². The lowest BCUT2D eigenvalue weighted by molar-refractivity contribution is -0.117. The molecule has 2 rings (SSSR count). The van der Waals surface area contributed by atoms with Crippen LogP contribution in [0.4, 0.5) is 0 Å². The fourth-order valence-corrected chi connectivity index (χ4v) is 2.38. The quantitative estimate of drug-likeness (QED) is 0.639. The predicted octanol–water partition coefficient (Wildman–Crippen LogP) is 3.69. The van der Waals surface area contributed by atoms with Crippen LogP contribution in [0.25, 0.3) is 0 Å². The summed E-state index contributed by atoms with van der Waals surface area (Å²) in [5.41, 5.74) is 2.72. The van der Waals surface area contributed by atoms with Crippen molar-refractivity contribution in [2.75, 3.05) is 0 Å². The Labute approximate surface area is 135 Å². The maximum absolute atomic E-state index is 11.1. The van der Waals surface area contributed by atoms with Crippen LogP contribution >= 0.6 is 11.6 Å². The minimum atomic E-state index is 0.196. The van der Waals surface area contributed by atoms with Crippen LogP contribution < -0.4 is 0 Å². The van der Waals surface area contributed by atoms with Crippen molar-refractivity contribution in [3.63, 3.8) is 0 Å². The van der Waals surface area contributed by atoms with Crippen LogP contribution in [-0.2, 0) is 11.2 Å². The van der Waals surface area contributed by atoms with Crippen LogP contribution in [0.5, 0.6) is 0 Å². The van der Waals surface area contributed by atoms with Gasteiger partial charge in [-0.25, -0.2) is 9.97 Å². The predicted molar refractivity (Wildman–Crippen MR) is 87.6 cm³/mol. The molecule has 0 fully saturated rings. The van der Waals surface area contributed by atoms with Crippen LogP contribution in [0.15, 0.2) is 36.5 Å². The fraction of sp³-hybridized carbons (Fsp3) is 0.278. The Morgan fingerprint density at radius 3 is 2.59 bits per heavy atom. The zero-order valence-corrected chi connectivity index (χ0v) is 13.4. The Bertz CT molecular complexity index is 714. The number of carbonyl (C=O) groups is 1. The highest BCUT2D eigenvalue weighted by Gasteiger charge is 2.06. The number of halogens is 1. The molecule has 0 bridgehead atoms. The molecular weight excluding hydrogens is 296 g/mol. The molecule has 0 radical (unpaired) electrons. The van der Waals surface area contributed by atoms with Gasteiger partial charge in [0, 0.05) is 18.2 Å². The van der Waals surface area contributed by atoms with Gasteiger partial charge >= 0.3 is 0 Å². The number of nitrogens with zero attached hydrogens (tertiary/aromatic N) is 2. The van der Waals surface area contributed by atoms with Crippen LogP contribution in [0.3, 0.4) is 0 Å². The molecule has 1 aromatic carbocycles. The molecule has 0 aliphatic rings. The highest BCUT2D eigenvalue weighted by molar-refractivity contribution is 6.28. The van der Waals surface area contributed by atoms with E-state index >= 15 is 0 Å². The number of aromatic nitrogens is 2. The number of benzene rings is 1. The molecule has 0 aliphatic heterocycles. The maximum Gasteiger partial charge on any atom is 0.223 e. The van der Waals surface area contributed by atoms with E-state index in [1.165, 1.54) is 5.56 Å². The molecule has 2 aromatic rings. The summed E-state index contributed by atoms with van der Waals surface area (Å²) in [6.45, 7) is 3.72. The van der Waals surface area contributed by atoms with E-state index in [9.17, 15) is 4.79 Å². The van der Waals surface area contributed by atoms with Crippen LogP contribution in [0, 0.1) is 17.8 Å². The Hall–Kier alpha value is -2.18. The summed E-state index contributed by atoms with van der Waals surface area (Å²) in [4.78, 5) is 18.9. The van der Waals surface area contributed by atoms with Crippen molar-refractivity contribution < 1.29 is 4.79 Å². The lowest BCUT2D eigenvalue weighted by Gasteiger charge is -2.09. The summed E-state index contributed by atoms with van der Waals surface area (Å²) in [6.07, 6.45) is 3.10. The van der Waals surface area contributed by atoms with E-state index in [0.717, 1.165) is 12.0 Å². The highest BCUT2D eigenvalue weighted by Crippen LogP contribution is 2.13. The van der Waals surface area contributed by atoms with E-state index in [4.69, 9.17) is 11.6 Å². The first-order valence-corrected chi connectivity index (χ1v) is 7.49. The van der Waals surface area contributed by atoms with Gasteiger partial charge in [-0.2, -0.15) is 0 Å². The third-order valence-corrected chi connectivity index (χ3v) is 3.32. The number of carbonyl (C=O) groups excluding carboxylic acids is 1. The molecule has 0 spiro atoms. The van der Waals surface area contributed by atoms with E-state index in [1.807, 2.05) is 24.3 Å². The number of rotatable bonds is 4. The molecule has 3 nitrogen and oxygen atoms in total. The molecule has 0 amide bonds. The largest absolute Gasteiger partial charge is 0.300 e. The van der Waals surface area contributed by atoms with Crippen LogP contribution in [0.1, 0.15) is 37.1 Å². The van der Waals surface area contributed by atoms with E-state index in [-0.39, 0.29) is 11.1 Å². The van der Waals surface area contributed by atoms with Crippen LogP contribution in [0.2, 0.25) is 5.28 Å². The standard InChI is InChI=1S/C18H17ClN2O/c1-13(11-14(2)22)12-16-5-3-15(4-6-16)7-8-17-9-10-20-18(19)21-17/h3-6,9-10,13H,11-12H2,1-2H3. The van der Waals surface area contributed by atoms with Crippen molar-refractivity contribution in [1.82, 2.24) is 9.97 Å². The minimum Gasteiger partial charge on any atom is -0.300 e. The molecule has 22 heavy (non-hydrogen) atoms. The van der Waals surface area contributed by atoms with E-state index in [2.05, 4.69) is 28.7 Å². The number of ketones is 1. The molecule has 1 aromatic heterocycles. The minimum absolute atomic E-state index is 0.196. The molecule has 0 aliphatic carbocycles. The molecule has 1 unspecified atom stereocenters. The Balaban J connectivity index is 2.02. The van der Waals surface area contributed by atoms with Crippen molar-refractivity contribution in [3.8, 4) is 11.8 Å². The molecule has 112 valence electrons. The first-order chi connectivity index (χ1) is 10.5. The monoisotopic (exact) mass is 312 g/mol. The van der Waals surface area contributed by atoms with Gasteiger partial charge in [0.1, 0.15) is 11.5 Å². The topological polar surface area (TPSA) is 42.9 Å². The van der Waals surface area contributed by atoms with Gasteiger partial charge in [0.15, 0.2) is 0 Å². The average molecular weight is 313 g/mol. The lowest BCUT2D eigenvalue weighted by Crippen LogP contribution is -2.04. The third-order valence-electron chi connectivity index (χ3n) is 3.14. The Morgan fingerprint density at radius 1 is 1.23 bits per heavy atom. The van der Waals surface area contributed by atoms with Gasteiger partial charge in [0.05, 0.1) is 0 Å². The number of hydrogen-bond donors (Lipinski definition) is 0. The average Bonchev–Trinajstić information content (AvgIpc) is 2.46. The van der Waals surface area contributed by atoms with Gasteiger partial charge in [-0.15, -0.1) is 0 Å². The summed E-state index contributed by atoms with van der Waals surface area (Å²) < 4.78 is 0. The van der Waals surface area contributed by atoms with Crippen LogP contribution in [-0.4, -0.2) is 15.8 Å². The molecule has 0 saturated carbocycles. The summed E-state index contributed by atoms with van der Waals surface area (Å²) in [7, 11) is 0. The number of Topliss-reactive ketones (excluding diaryl/α,β-unsaturated/α-hetero) is 1. The second-order valence-electron chi connectivity index (χ2n) is 5.37. The molecule has 1 atom stereocenters. The normalized spacial score (nSPS) is 11.4. The zero-order valence-electron chi connectivity index (χ0n) is 12.6. The van der Waals surface area contributed by atoms with Crippen molar-refractivity contribution in [2.24, 2.45) is 5.92 Å². The SMILES string of the molecule is CC(=O)CC(C)Cc1ccc(C#Cc2ccnc(Cl)n2)cc1. The van der Waals surface area contributed by atoms with Gasteiger partial charge in [0.25, 0.3) is 0 Å². The maximum atomic E-state index is 11.1. The first kappa shape index (κ1) is 16.2. The summed E-state index contributed by atoms with van der Waals surface area (Å²) in [5.74, 6) is 6.60. The summed E-state index contributed by atoms with van der Waals surface area (Å²) >= 11 is 5.72. The van der Waals surface area contributed by atoms with Crippen molar-refractivity contribution in [3.05, 3.63) is 58.6 Å². The van der Waals surface area contributed by atoms with Crippen molar-refractivity contribution in [1.29, 1.82) is 0 Å². The van der Waals surface area contributed by atoms with Gasteiger partial charge < -0.3 is 4.79 Å². The van der Waals surface area contributed by atoms with E-state index in [0.29, 0.717) is 18.0 Å². The van der Waals surface area contributed by atoms with Gasteiger partial charge in [-0.1, -0.05) is 25.0 Å². The van der Waals surface area contributed by atoms with Crippen molar-refractivity contribution >= 4 is 17.4 Å². The molecule has 4 heteroatoms. The Kier molecular flexibility index (Phi) is 5.68. The van der Waals surface area contributed by atoms with Gasteiger partial charge in [-0.05, 0) is 60.5 Å². The highest BCUT2D eigenvalue weighted by atomic mass is 35.5. The van der Waals surface area contributed by atoms with Gasteiger partial charge in [0.2, 0.25) is 5.28 Å². The number of hydrogen-bond acceptors (Lipinski definition) is 3. The molecule has 0 saturated heterocycles. The molecule has 0 N–H and O–H groups in total. The second kappa shape index (κ2) is 7.72. The smallest absolute Gasteiger partial charge is 0.223 e. The fourth-order valence-electron chi connectivity index (χ4n) is 2.23. The Morgan fingerprint density at radius 2 is 1.95 bits per heavy atom. The van der Waals surface area contributed by atoms with E-state index in [1.54, 1.807) is 19.2 Å². The molecule has 1 heterocycles. The summed E-state index contributed by atoms with van der Waals surface area (Å²) in [6, 6.07) is 9.77. The zero-order chi connectivity index (χ0) is 15.9. The van der Waals surface area contributed by atoms with Gasteiger partial charge in [-0.3, -0.25) is 0 Å². The first-order valence-electron chi connectivity index (χ1n) is 7.12. The second-order valence-corrected chi connectivity index (χ2v) is 5.71. The van der Waals surface area contributed by atoms with Crippen molar-refractivity contribution in [2.45, 2.75) is 26.7 Å². The summed E-state index contributed by atoms with van der Waals surface area (Å²) in [5, 5.41) is 0.196.